The van der Waals surface area contributed by atoms with Gasteiger partial charge in [-0.3, -0.25) is 4.68 Å². The third kappa shape index (κ3) is 3.46. The van der Waals surface area contributed by atoms with Crippen LogP contribution in [0.3, 0.4) is 0 Å². The fourth-order valence-corrected chi connectivity index (χ4v) is 2.62. The zero-order valence-electron chi connectivity index (χ0n) is 13.1. The van der Waals surface area contributed by atoms with Gasteiger partial charge in [0.2, 0.25) is 5.89 Å². The lowest BCUT2D eigenvalue weighted by Crippen LogP contribution is -2.00. The average molecular weight is 354 g/mol. The van der Waals surface area contributed by atoms with Crippen LogP contribution in [0.4, 0.5) is 4.39 Å². The monoisotopic (exact) mass is 353 g/mol. The Bertz CT molecular complexity index is 908. The highest BCUT2D eigenvalue weighted by Crippen LogP contribution is 2.23. The number of nitrogens with zero attached hydrogens (tertiary/aromatic N) is 3. The summed E-state index contributed by atoms with van der Waals surface area (Å²) in [7, 11) is 0. The van der Waals surface area contributed by atoms with Crippen LogP contribution in [0.1, 0.15) is 5.89 Å². The Morgan fingerprint density at radius 2 is 1.68 bits per heavy atom. The summed E-state index contributed by atoms with van der Waals surface area (Å²) in [5.41, 5.74) is 2.54. The van der Waals surface area contributed by atoms with E-state index in [9.17, 15) is 4.39 Å². The van der Waals surface area contributed by atoms with Crippen LogP contribution in [-0.4, -0.2) is 14.8 Å². The summed E-state index contributed by atoms with van der Waals surface area (Å²) in [6.07, 6.45) is 3.52. The van der Waals surface area contributed by atoms with Gasteiger partial charge in [-0.15, -0.1) is 0 Å². The maximum Gasteiger partial charge on any atom is 0.216 e. The van der Waals surface area contributed by atoms with Gasteiger partial charge < -0.3 is 4.42 Å². The first-order chi connectivity index (χ1) is 12.2. The third-order valence-electron chi connectivity index (χ3n) is 3.76. The molecule has 0 bridgehead atoms. The standard InChI is InChI=1S/C19H13ClFN3O/c20-15-5-1-14(2-6-15)18-11-22-19(25-18)12-24-10-9-17(23-24)13-3-7-16(21)8-4-13/h1-11H,12H2. The highest BCUT2D eigenvalue weighted by Gasteiger charge is 2.09. The minimum Gasteiger partial charge on any atom is -0.439 e. The van der Waals surface area contributed by atoms with Gasteiger partial charge >= 0.3 is 0 Å². The van der Waals surface area contributed by atoms with Crippen LogP contribution in [0.5, 0.6) is 0 Å². The number of hydrogen-bond acceptors (Lipinski definition) is 3. The van der Waals surface area contributed by atoms with Crippen molar-refractivity contribution in [3.63, 3.8) is 0 Å². The molecule has 0 amide bonds. The Labute approximate surface area is 148 Å². The normalized spacial score (nSPS) is 11.0. The summed E-state index contributed by atoms with van der Waals surface area (Å²) in [5, 5.41) is 5.15. The molecule has 0 radical (unpaired) electrons. The predicted octanol–water partition coefficient (Wildman–Crippen LogP) is 5.05. The molecule has 0 N–H and O–H groups in total. The van der Waals surface area contributed by atoms with E-state index in [0.29, 0.717) is 23.2 Å². The summed E-state index contributed by atoms with van der Waals surface area (Å²) < 4.78 is 20.5. The van der Waals surface area contributed by atoms with Crippen molar-refractivity contribution in [3.8, 4) is 22.6 Å². The lowest BCUT2D eigenvalue weighted by molar-refractivity contribution is 0.474. The Morgan fingerprint density at radius 3 is 2.44 bits per heavy atom. The molecule has 0 aliphatic heterocycles. The van der Waals surface area contributed by atoms with Gasteiger partial charge in [0.1, 0.15) is 12.4 Å². The molecular formula is C19H13ClFN3O. The molecule has 4 nitrogen and oxygen atoms in total. The van der Waals surface area contributed by atoms with E-state index in [0.717, 1.165) is 16.8 Å². The minimum absolute atomic E-state index is 0.266. The second kappa shape index (κ2) is 6.53. The molecule has 124 valence electrons. The van der Waals surface area contributed by atoms with Gasteiger partial charge in [0, 0.05) is 22.3 Å². The van der Waals surface area contributed by atoms with Gasteiger partial charge in [-0.1, -0.05) is 11.6 Å². The van der Waals surface area contributed by atoms with E-state index in [-0.39, 0.29) is 5.82 Å². The quantitative estimate of drug-likeness (QED) is 0.516. The molecule has 0 unspecified atom stereocenters. The first-order valence-electron chi connectivity index (χ1n) is 7.67. The van der Waals surface area contributed by atoms with Crippen molar-refractivity contribution < 1.29 is 8.81 Å². The Hall–Kier alpha value is -2.92. The second-order valence-corrected chi connectivity index (χ2v) is 5.97. The summed E-state index contributed by atoms with van der Waals surface area (Å²) in [6, 6.07) is 15.5. The van der Waals surface area contributed by atoms with Crippen molar-refractivity contribution in [2.45, 2.75) is 6.54 Å². The van der Waals surface area contributed by atoms with Gasteiger partial charge in [0.15, 0.2) is 5.76 Å². The van der Waals surface area contributed by atoms with Crippen molar-refractivity contribution in [2.75, 3.05) is 0 Å². The first-order valence-corrected chi connectivity index (χ1v) is 8.05. The van der Waals surface area contributed by atoms with E-state index in [1.54, 1.807) is 23.0 Å². The van der Waals surface area contributed by atoms with Crippen molar-refractivity contribution in [2.24, 2.45) is 0 Å². The molecule has 2 aromatic heterocycles. The zero-order chi connectivity index (χ0) is 17.2. The summed E-state index contributed by atoms with van der Waals surface area (Å²) >= 11 is 5.89. The molecule has 0 aliphatic carbocycles. The SMILES string of the molecule is Fc1ccc(-c2ccn(Cc3ncc(-c4ccc(Cl)cc4)o3)n2)cc1. The minimum atomic E-state index is -0.266. The summed E-state index contributed by atoms with van der Waals surface area (Å²) in [5.74, 6) is 0.967. The van der Waals surface area contributed by atoms with Gasteiger partial charge in [0.05, 0.1) is 11.9 Å². The largest absolute Gasteiger partial charge is 0.439 e. The van der Waals surface area contributed by atoms with Gasteiger partial charge in [-0.2, -0.15) is 5.10 Å². The maximum absolute atomic E-state index is 13.0. The van der Waals surface area contributed by atoms with Crippen LogP contribution in [0.25, 0.3) is 22.6 Å². The molecule has 6 heteroatoms. The molecule has 0 aliphatic rings. The molecule has 4 rings (SSSR count). The van der Waals surface area contributed by atoms with Crippen LogP contribution in [0.15, 0.2) is 71.4 Å². The van der Waals surface area contributed by atoms with Gasteiger partial charge in [-0.25, -0.2) is 9.37 Å². The molecule has 0 spiro atoms. The van der Waals surface area contributed by atoms with Crippen molar-refractivity contribution in [1.29, 1.82) is 0 Å². The van der Waals surface area contributed by atoms with E-state index >= 15 is 0 Å². The van der Waals surface area contributed by atoms with Crippen LogP contribution >= 0.6 is 11.6 Å². The first kappa shape index (κ1) is 15.6. The van der Waals surface area contributed by atoms with Crippen LogP contribution in [0, 0.1) is 5.82 Å². The Morgan fingerprint density at radius 1 is 0.960 bits per heavy atom. The average Bonchev–Trinajstić information content (AvgIpc) is 3.27. The third-order valence-corrected chi connectivity index (χ3v) is 4.01. The van der Waals surface area contributed by atoms with Crippen molar-refractivity contribution in [3.05, 3.63) is 83.7 Å². The van der Waals surface area contributed by atoms with Gasteiger partial charge in [0.25, 0.3) is 0 Å². The zero-order valence-corrected chi connectivity index (χ0v) is 13.8. The maximum atomic E-state index is 13.0. The molecule has 2 heterocycles. The number of rotatable bonds is 4. The smallest absolute Gasteiger partial charge is 0.216 e. The molecule has 0 fully saturated rings. The Kier molecular flexibility index (Phi) is 4.07. The van der Waals surface area contributed by atoms with Crippen LogP contribution < -0.4 is 0 Å². The van der Waals surface area contributed by atoms with E-state index in [1.807, 2.05) is 36.5 Å². The lowest BCUT2D eigenvalue weighted by Gasteiger charge is -1.99. The highest BCUT2D eigenvalue weighted by atomic mass is 35.5. The van der Waals surface area contributed by atoms with Crippen LogP contribution in [0.2, 0.25) is 5.02 Å². The van der Waals surface area contributed by atoms with Crippen molar-refractivity contribution >= 4 is 11.6 Å². The Balaban J connectivity index is 1.51. The fourth-order valence-electron chi connectivity index (χ4n) is 2.49. The molecule has 0 saturated carbocycles. The van der Waals surface area contributed by atoms with Gasteiger partial charge in [-0.05, 0) is 54.6 Å². The molecular weight excluding hydrogens is 341 g/mol. The summed E-state index contributed by atoms with van der Waals surface area (Å²) in [6.45, 7) is 0.411. The molecule has 0 saturated heterocycles. The van der Waals surface area contributed by atoms with E-state index in [2.05, 4.69) is 10.1 Å². The van der Waals surface area contributed by atoms with E-state index in [1.165, 1.54) is 12.1 Å². The number of aromatic nitrogens is 3. The van der Waals surface area contributed by atoms with E-state index < -0.39 is 0 Å². The molecule has 0 atom stereocenters. The molecule has 25 heavy (non-hydrogen) atoms. The number of hydrogen-bond donors (Lipinski definition) is 0. The lowest BCUT2D eigenvalue weighted by atomic mass is 10.1. The summed E-state index contributed by atoms with van der Waals surface area (Å²) in [4.78, 5) is 4.29. The van der Waals surface area contributed by atoms with E-state index in [4.69, 9.17) is 16.0 Å². The topological polar surface area (TPSA) is 43.9 Å². The van der Waals surface area contributed by atoms with Crippen LogP contribution in [-0.2, 0) is 6.54 Å². The fraction of sp³-hybridized carbons (Fsp3) is 0.0526. The highest BCUT2D eigenvalue weighted by molar-refractivity contribution is 6.30. The molecule has 2 aromatic carbocycles. The second-order valence-electron chi connectivity index (χ2n) is 5.53. The molecule has 4 aromatic rings. The predicted molar refractivity (Wildman–Crippen MR) is 93.7 cm³/mol. The van der Waals surface area contributed by atoms with Crippen molar-refractivity contribution in [1.82, 2.24) is 14.8 Å². The number of halogens is 2. The number of oxazole rings is 1. The number of benzene rings is 2.